The van der Waals surface area contributed by atoms with Crippen molar-refractivity contribution in [3.63, 3.8) is 0 Å². The van der Waals surface area contributed by atoms with Crippen LogP contribution >= 0.6 is 15.9 Å². The maximum Gasteiger partial charge on any atom is 0.144 e. The third-order valence-electron chi connectivity index (χ3n) is 3.98. The molecule has 1 N–H and O–H groups in total. The topological polar surface area (TPSA) is 37.8 Å². The molecule has 1 aromatic carbocycles. The Balaban J connectivity index is 1.93. The molecule has 1 aromatic heterocycles. The minimum Gasteiger partial charge on any atom is -0.372 e. The Bertz CT molecular complexity index is 640. The fourth-order valence-electron chi connectivity index (χ4n) is 2.85. The molecule has 1 aliphatic carbocycles. The van der Waals surface area contributed by atoms with Crippen LogP contribution in [0.3, 0.4) is 0 Å². The molecule has 1 heterocycles. The summed E-state index contributed by atoms with van der Waals surface area (Å²) in [5.74, 6) is 2.26. The third-order valence-corrected chi connectivity index (χ3v) is 4.93. The molecule has 1 aliphatic rings. The predicted octanol–water partition coefficient (Wildman–Crippen LogP) is 3.86. The van der Waals surface area contributed by atoms with Gasteiger partial charge in [-0.25, -0.2) is 9.97 Å². The summed E-state index contributed by atoms with van der Waals surface area (Å²) in [6, 6.07) is 8.71. The molecular formula is C16H18BrN3. The first-order valence-corrected chi connectivity index (χ1v) is 7.77. The van der Waals surface area contributed by atoms with Crippen LogP contribution in [0.15, 0.2) is 28.7 Å². The summed E-state index contributed by atoms with van der Waals surface area (Å²) in [5.41, 5.74) is 3.92. The lowest BCUT2D eigenvalue weighted by molar-refractivity contribution is 0.553. The molecule has 4 heteroatoms. The quantitative estimate of drug-likeness (QED) is 0.907. The number of rotatable bonds is 2. The number of aryl methyl sites for hydroxylation is 2. The summed E-state index contributed by atoms with van der Waals surface area (Å²) < 4.78 is 0.958. The molecule has 0 radical (unpaired) electrons. The molecule has 0 bridgehead atoms. The summed E-state index contributed by atoms with van der Waals surface area (Å²) in [6.07, 6.45) is 3.29. The highest BCUT2D eigenvalue weighted by atomic mass is 79.9. The fraction of sp³-hybridized carbons (Fsp3) is 0.375. The average Bonchev–Trinajstić information content (AvgIpc) is 2.49. The van der Waals surface area contributed by atoms with Gasteiger partial charge in [-0.3, -0.25) is 0 Å². The fourth-order valence-corrected chi connectivity index (χ4v) is 3.22. The first-order chi connectivity index (χ1) is 9.69. The normalized spacial score (nSPS) is 17.6. The van der Waals surface area contributed by atoms with Gasteiger partial charge >= 0.3 is 0 Å². The Morgan fingerprint density at radius 1 is 1.20 bits per heavy atom. The van der Waals surface area contributed by atoms with Gasteiger partial charge in [0.25, 0.3) is 0 Å². The first-order valence-electron chi connectivity index (χ1n) is 6.97. The lowest BCUT2D eigenvalue weighted by Crippen LogP contribution is -2.16. The molecule has 20 heavy (non-hydrogen) atoms. The highest BCUT2D eigenvalue weighted by molar-refractivity contribution is 9.10. The standard InChI is InChI=1S/C16H18BrN3/c1-10-14(17)16(18-2)20-15(19-10)13-8-7-11-5-3-4-6-12(11)9-13/h3-6,13H,7-9H2,1-2H3,(H,18,19,20). The second kappa shape index (κ2) is 5.52. The molecule has 0 fully saturated rings. The van der Waals surface area contributed by atoms with Gasteiger partial charge in [-0.2, -0.15) is 0 Å². The van der Waals surface area contributed by atoms with Crippen LogP contribution in [-0.4, -0.2) is 17.0 Å². The van der Waals surface area contributed by atoms with Gasteiger partial charge < -0.3 is 5.32 Å². The molecule has 104 valence electrons. The molecule has 0 amide bonds. The summed E-state index contributed by atoms with van der Waals surface area (Å²) in [5, 5.41) is 3.14. The van der Waals surface area contributed by atoms with E-state index in [0.29, 0.717) is 5.92 Å². The zero-order valence-corrected chi connectivity index (χ0v) is 13.4. The smallest absolute Gasteiger partial charge is 0.144 e. The summed E-state index contributed by atoms with van der Waals surface area (Å²) in [6.45, 7) is 2.02. The van der Waals surface area contributed by atoms with E-state index in [1.807, 2.05) is 14.0 Å². The molecule has 2 aromatic rings. The van der Waals surface area contributed by atoms with Crippen molar-refractivity contribution in [1.82, 2.24) is 9.97 Å². The van der Waals surface area contributed by atoms with Crippen LogP contribution in [0.2, 0.25) is 0 Å². The van der Waals surface area contributed by atoms with E-state index in [9.17, 15) is 0 Å². The van der Waals surface area contributed by atoms with Crippen molar-refractivity contribution in [2.24, 2.45) is 0 Å². The lowest BCUT2D eigenvalue weighted by Gasteiger charge is -2.24. The van der Waals surface area contributed by atoms with Crippen LogP contribution in [0.1, 0.15) is 35.0 Å². The van der Waals surface area contributed by atoms with E-state index in [-0.39, 0.29) is 0 Å². The maximum atomic E-state index is 4.68. The van der Waals surface area contributed by atoms with E-state index < -0.39 is 0 Å². The van der Waals surface area contributed by atoms with Gasteiger partial charge in [0.15, 0.2) is 0 Å². The van der Waals surface area contributed by atoms with E-state index in [4.69, 9.17) is 0 Å². The molecule has 1 atom stereocenters. The number of hydrogen-bond acceptors (Lipinski definition) is 3. The number of hydrogen-bond donors (Lipinski definition) is 1. The maximum absolute atomic E-state index is 4.68. The number of nitrogens with one attached hydrogen (secondary N) is 1. The Morgan fingerprint density at radius 2 is 1.95 bits per heavy atom. The van der Waals surface area contributed by atoms with Crippen molar-refractivity contribution in [2.45, 2.75) is 32.1 Å². The Morgan fingerprint density at radius 3 is 2.70 bits per heavy atom. The first kappa shape index (κ1) is 13.6. The SMILES string of the molecule is CNc1nc(C2CCc3ccccc3C2)nc(C)c1Br. The van der Waals surface area contributed by atoms with E-state index >= 15 is 0 Å². The van der Waals surface area contributed by atoms with Crippen molar-refractivity contribution in [2.75, 3.05) is 12.4 Å². The number of halogens is 1. The number of fused-ring (bicyclic) bond motifs is 1. The second-order valence-electron chi connectivity index (χ2n) is 5.29. The summed E-state index contributed by atoms with van der Waals surface area (Å²) >= 11 is 3.54. The molecular weight excluding hydrogens is 314 g/mol. The van der Waals surface area contributed by atoms with Crippen molar-refractivity contribution >= 4 is 21.7 Å². The molecule has 0 saturated heterocycles. The Kier molecular flexibility index (Phi) is 3.74. The Hall–Kier alpha value is -1.42. The number of anilines is 1. The minimum absolute atomic E-state index is 0.420. The molecule has 0 saturated carbocycles. The van der Waals surface area contributed by atoms with E-state index in [1.165, 1.54) is 11.1 Å². The number of nitrogens with zero attached hydrogens (tertiary/aromatic N) is 2. The minimum atomic E-state index is 0.420. The van der Waals surface area contributed by atoms with E-state index in [1.54, 1.807) is 0 Å². The van der Waals surface area contributed by atoms with Gasteiger partial charge in [-0.05, 0) is 53.2 Å². The van der Waals surface area contributed by atoms with Crippen LogP contribution in [-0.2, 0) is 12.8 Å². The average molecular weight is 332 g/mol. The Labute approximate surface area is 128 Å². The van der Waals surface area contributed by atoms with Crippen molar-refractivity contribution in [3.8, 4) is 0 Å². The second-order valence-corrected chi connectivity index (χ2v) is 6.08. The van der Waals surface area contributed by atoms with Crippen LogP contribution in [0.4, 0.5) is 5.82 Å². The van der Waals surface area contributed by atoms with Gasteiger partial charge in [-0.15, -0.1) is 0 Å². The van der Waals surface area contributed by atoms with Gasteiger partial charge in [-0.1, -0.05) is 24.3 Å². The van der Waals surface area contributed by atoms with Gasteiger partial charge in [0.1, 0.15) is 11.6 Å². The number of aromatic nitrogens is 2. The van der Waals surface area contributed by atoms with E-state index in [0.717, 1.165) is 41.1 Å². The van der Waals surface area contributed by atoms with Crippen LogP contribution in [0.25, 0.3) is 0 Å². The highest BCUT2D eigenvalue weighted by Gasteiger charge is 2.23. The highest BCUT2D eigenvalue weighted by Crippen LogP contribution is 2.33. The van der Waals surface area contributed by atoms with Gasteiger partial charge in [0, 0.05) is 13.0 Å². The zero-order chi connectivity index (χ0) is 14.1. The van der Waals surface area contributed by atoms with Crippen LogP contribution in [0.5, 0.6) is 0 Å². The predicted molar refractivity (Wildman–Crippen MR) is 85.2 cm³/mol. The molecule has 3 rings (SSSR count). The van der Waals surface area contributed by atoms with Crippen LogP contribution in [0, 0.1) is 6.92 Å². The number of benzene rings is 1. The van der Waals surface area contributed by atoms with Crippen molar-refractivity contribution in [3.05, 3.63) is 51.4 Å². The van der Waals surface area contributed by atoms with Crippen LogP contribution < -0.4 is 5.32 Å². The summed E-state index contributed by atoms with van der Waals surface area (Å²) in [7, 11) is 1.90. The van der Waals surface area contributed by atoms with E-state index in [2.05, 4.69) is 55.5 Å². The largest absolute Gasteiger partial charge is 0.372 e. The van der Waals surface area contributed by atoms with Crippen molar-refractivity contribution in [1.29, 1.82) is 0 Å². The molecule has 1 unspecified atom stereocenters. The molecule has 0 spiro atoms. The van der Waals surface area contributed by atoms with Gasteiger partial charge in [0.05, 0.1) is 10.2 Å². The third kappa shape index (κ3) is 2.44. The summed E-state index contributed by atoms with van der Waals surface area (Å²) in [4.78, 5) is 9.36. The lowest BCUT2D eigenvalue weighted by atomic mass is 9.83. The monoisotopic (exact) mass is 331 g/mol. The molecule has 3 nitrogen and oxygen atoms in total. The van der Waals surface area contributed by atoms with Crippen molar-refractivity contribution < 1.29 is 0 Å². The molecule has 0 aliphatic heterocycles. The van der Waals surface area contributed by atoms with Gasteiger partial charge in [0.2, 0.25) is 0 Å². The zero-order valence-electron chi connectivity index (χ0n) is 11.8.